The highest BCUT2D eigenvalue weighted by atomic mass is 35.5. The average molecular weight is 374 g/mol. The molecule has 2 aromatic rings. The van der Waals surface area contributed by atoms with Crippen LogP contribution < -0.4 is 4.83 Å². The van der Waals surface area contributed by atoms with E-state index in [0.29, 0.717) is 10.6 Å². The van der Waals surface area contributed by atoms with Gasteiger partial charge >= 0.3 is 0 Å². The number of nitrogens with one attached hydrogen (secondary N) is 1. The SMILES string of the molecule is O=[N+]([O-])c1ccccc1S(=O)(=O)N/N=C/c1ccc(Cl)cc1Cl. The Labute approximate surface area is 141 Å². The minimum absolute atomic E-state index is 0.283. The zero-order chi connectivity index (χ0) is 17.0. The van der Waals surface area contributed by atoms with E-state index in [9.17, 15) is 18.5 Å². The predicted molar refractivity (Wildman–Crippen MR) is 87.5 cm³/mol. The first-order chi connectivity index (χ1) is 10.8. The molecule has 0 aliphatic heterocycles. The van der Waals surface area contributed by atoms with Gasteiger partial charge in [-0.05, 0) is 18.2 Å². The van der Waals surface area contributed by atoms with Gasteiger partial charge in [-0.2, -0.15) is 18.4 Å². The van der Waals surface area contributed by atoms with E-state index in [1.165, 1.54) is 24.4 Å². The van der Waals surface area contributed by atoms with E-state index in [4.69, 9.17) is 23.2 Å². The molecule has 0 spiro atoms. The Kier molecular flexibility index (Phi) is 5.19. The fourth-order valence-electron chi connectivity index (χ4n) is 1.66. The normalized spacial score (nSPS) is 11.6. The van der Waals surface area contributed by atoms with Gasteiger partial charge in [0.1, 0.15) is 0 Å². The molecule has 0 aromatic heterocycles. The summed E-state index contributed by atoms with van der Waals surface area (Å²) in [7, 11) is -4.19. The van der Waals surface area contributed by atoms with E-state index in [1.54, 1.807) is 12.1 Å². The Morgan fingerprint density at radius 2 is 1.87 bits per heavy atom. The van der Waals surface area contributed by atoms with Crippen LogP contribution in [0.4, 0.5) is 5.69 Å². The number of hydrazone groups is 1. The number of benzene rings is 2. The van der Waals surface area contributed by atoms with Crippen molar-refractivity contribution >= 4 is 45.1 Å². The summed E-state index contributed by atoms with van der Waals surface area (Å²) in [5.74, 6) is 0. The summed E-state index contributed by atoms with van der Waals surface area (Å²) in [6.45, 7) is 0. The largest absolute Gasteiger partial charge is 0.289 e. The molecule has 1 N–H and O–H groups in total. The van der Waals surface area contributed by atoms with Crippen LogP contribution >= 0.6 is 23.2 Å². The van der Waals surface area contributed by atoms with Crippen LogP contribution in [0, 0.1) is 10.1 Å². The molecule has 23 heavy (non-hydrogen) atoms. The van der Waals surface area contributed by atoms with E-state index in [0.717, 1.165) is 12.1 Å². The summed E-state index contributed by atoms with van der Waals surface area (Å²) in [4.78, 5) is 11.5. The zero-order valence-electron chi connectivity index (χ0n) is 11.3. The summed E-state index contributed by atoms with van der Waals surface area (Å²) >= 11 is 11.7. The Bertz CT molecular complexity index is 885. The molecule has 0 heterocycles. The fraction of sp³-hybridized carbons (Fsp3) is 0. The molecule has 10 heteroatoms. The van der Waals surface area contributed by atoms with Crippen molar-refractivity contribution in [2.45, 2.75) is 4.90 Å². The van der Waals surface area contributed by atoms with E-state index in [-0.39, 0.29) is 5.02 Å². The first-order valence-electron chi connectivity index (χ1n) is 6.04. The van der Waals surface area contributed by atoms with Crippen LogP contribution in [-0.4, -0.2) is 19.6 Å². The van der Waals surface area contributed by atoms with Gasteiger partial charge in [-0.3, -0.25) is 10.1 Å². The quantitative estimate of drug-likeness (QED) is 0.493. The van der Waals surface area contributed by atoms with Crippen molar-refractivity contribution < 1.29 is 13.3 Å². The third-order valence-corrected chi connectivity index (χ3v) is 4.52. The van der Waals surface area contributed by atoms with Gasteiger partial charge in [0.25, 0.3) is 15.7 Å². The highest BCUT2D eigenvalue weighted by Gasteiger charge is 2.24. The lowest BCUT2D eigenvalue weighted by atomic mass is 10.2. The molecule has 120 valence electrons. The number of nitro groups is 1. The third kappa shape index (κ3) is 4.19. The first kappa shape index (κ1) is 17.2. The second kappa shape index (κ2) is 6.95. The maximum absolute atomic E-state index is 12.1. The lowest BCUT2D eigenvalue weighted by Crippen LogP contribution is -2.19. The molecule has 7 nitrogen and oxygen atoms in total. The fourth-order valence-corrected chi connectivity index (χ4v) is 3.08. The number of para-hydroxylation sites is 1. The van der Waals surface area contributed by atoms with Gasteiger partial charge in [-0.25, -0.2) is 0 Å². The molecule has 2 aromatic carbocycles. The van der Waals surface area contributed by atoms with Gasteiger partial charge in [-0.1, -0.05) is 41.4 Å². The second-order valence-electron chi connectivity index (χ2n) is 4.24. The van der Waals surface area contributed by atoms with Crippen molar-refractivity contribution in [2.24, 2.45) is 5.10 Å². The monoisotopic (exact) mass is 373 g/mol. The van der Waals surface area contributed by atoms with Crippen LogP contribution in [0.25, 0.3) is 0 Å². The molecule has 0 aliphatic rings. The lowest BCUT2D eigenvalue weighted by Gasteiger charge is -2.04. The van der Waals surface area contributed by atoms with Gasteiger partial charge in [0.15, 0.2) is 4.90 Å². The van der Waals surface area contributed by atoms with Crippen molar-refractivity contribution in [3.8, 4) is 0 Å². The highest BCUT2D eigenvalue weighted by Crippen LogP contribution is 2.23. The molecular formula is C13H9Cl2N3O4S. The number of halogens is 2. The Morgan fingerprint density at radius 1 is 1.17 bits per heavy atom. The van der Waals surface area contributed by atoms with E-state index in [1.807, 2.05) is 4.83 Å². The van der Waals surface area contributed by atoms with Crippen molar-refractivity contribution in [3.05, 3.63) is 68.2 Å². The summed E-state index contributed by atoms with van der Waals surface area (Å²) < 4.78 is 24.2. The predicted octanol–water partition coefficient (Wildman–Crippen LogP) is 3.21. The molecule has 2 rings (SSSR count). The molecule has 0 radical (unpaired) electrons. The Balaban J connectivity index is 2.26. The van der Waals surface area contributed by atoms with Crippen molar-refractivity contribution in [1.29, 1.82) is 0 Å². The molecule has 0 bridgehead atoms. The minimum atomic E-state index is -4.19. The lowest BCUT2D eigenvalue weighted by molar-refractivity contribution is -0.387. The number of rotatable bonds is 5. The van der Waals surface area contributed by atoms with Gasteiger partial charge in [0.05, 0.1) is 16.2 Å². The number of nitrogens with zero attached hydrogens (tertiary/aromatic N) is 2. The minimum Gasteiger partial charge on any atom is -0.258 e. The molecular weight excluding hydrogens is 365 g/mol. The topological polar surface area (TPSA) is 102 Å². The van der Waals surface area contributed by atoms with E-state index >= 15 is 0 Å². The van der Waals surface area contributed by atoms with Crippen LogP contribution in [0.3, 0.4) is 0 Å². The molecule has 0 atom stereocenters. The number of hydrogen-bond donors (Lipinski definition) is 1. The van der Waals surface area contributed by atoms with Crippen LogP contribution in [-0.2, 0) is 10.0 Å². The van der Waals surface area contributed by atoms with Crippen LogP contribution in [0.2, 0.25) is 10.0 Å². The van der Waals surface area contributed by atoms with Gasteiger partial charge in [0, 0.05) is 16.7 Å². The number of sulfonamides is 1. The first-order valence-corrected chi connectivity index (χ1v) is 8.28. The average Bonchev–Trinajstić information content (AvgIpc) is 2.49. The van der Waals surface area contributed by atoms with Crippen molar-refractivity contribution in [1.82, 2.24) is 4.83 Å². The Morgan fingerprint density at radius 3 is 2.52 bits per heavy atom. The second-order valence-corrected chi connectivity index (χ2v) is 6.72. The van der Waals surface area contributed by atoms with Crippen molar-refractivity contribution in [3.63, 3.8) is 0 Å². The highest BCUT2D eigenvalue weighted by molar-refractivity contribution is 7.89. The van der Waals surface area contributed by atoms with Crippen LogP contribution in [0.15, 0.2) is 52.5 Å². The van der Waals surface area contributed by atoms with Gasteiger partial charge < -0.3 is 0 Å². The molecule has 0 unspecified atom stereocenters. The standard InChI is InChI=1S/C13H9Cl2N3O4S/c14-10-6-5-9(11(15)7-10)8-16-17-23(21,22)13-4-2-1-3-12(13)18(19)20/h1-8,17H/b16-8+. The van der Waals surface area contributed by atoms with E-state index < -0.39 is 25.5 Å². The van der Waals surface area contributed by atoms with Crippen LogP contribution in [0.5, 0.6) is 0 Å². The number of nitro benzene ring substituents is 1. The molecule has 0 amide bonds. The summed E-state index contributed by atoms with van der Waals surface area (Å²) in [6, 6.07) is 9.54. The van der Waals surface area contributed by atoms with E-state index in [2.05, 4.69) is 5.10 Å². The zero-order valence-corrected chi connectivity index (χ0v) is 13.6. The van der Waals surface area contributed by atoms with Gasteiger partial charge in [-0.15, -0.1) is 0 Å². The molecule has 0 fully saturated rings. The van der Waals surface area contributed by atoms with Gasteiger partial charge in [0.2, 0.25) is 0 Å². The summed E-state index contributed by atoms with van der Waals surface area (Å²) in [5.41, 5.74) is -0.110. The molecule has 0 saturated carbocycles. The summed E-state index contributed by atoms with van der Waals surface area (Å²) in [6.07, 6.45) is 1.17. The maximum atomic E-state index is 12.1. The molecule has 0 aliphatic carbocycles. The smallest absolute Gasteiger partial charge is 0.258 e. The summed E-state index contributed by atoms with van der Waals surface area (Å²) in [5, 5.41) is 15.2. The number of hydrogen-bond acceptors (Lipinski definition) is 5. The Hall–Kier alpha value is -2.16. The maximum Gasteiger partial charge on any atom is 0.289 e. The van der Waals surface area contributed by atoms with Crippen LogP contribution in [0.1, 0.15) is 5.56 Å². The van der Waals surface area contributed by atoms with Crippen molar-refractivity contribution in [2.75, 3.05) is 0 Å². The molecule has 0 saturated heterocycles. The third-order valence-electron chi connectivity index (χ3n) is 2.69.